The van der Waals surface area contributed by atoms with Gasteiger partial charge in [0.25, 0.3) is 0 Å². The summed E-state index contributed by atoms with van der Waals surface area (Å²) < 4.78 is 5.04. The monoisotopic (exact) mass is 223 g/mol. The Bertz CT molecular complexity index is 315. The van der Waals surface area contributed by atoms with Crippen LogP contribution in [0.15, 0.2) is 18.3 Å². The normalized spacial score (nSPS) is 12.2. The average molecular weight is 223 g/mol. The maximum absolute atomic E-state index is 5.04. The van der Waals surface area contributed by atoms with Crippen LogP contribution >= 0.6 is 0 Å². The summed E-state index contributed by atoms with van der Waals surface area (Å²) in [6.07, 6.45) is 2.80. The fraction of sp³-hybridized carbons (Fsp3) is 0.583. The van der Waals surface area contributed by atoms with Crippen LogP contribution in [0.1, 0.15) is 13.3 Å². The molecule has 16 heavy (non-hydrogen) atoms. The molecule has 0 spiro atoms. The van der Waals surface area contributed by atoms with Crippen LogP contribution in [0.25, 0.3) is 0 Å². The Balaban J connectivity index is 2.56. The van der Waals surface area contributed by atoms with Gasteiger partial charge < -0.3 is 15.0 Å². The Morgan fingerprint density at radius 3 is 2.88 bits per heavy atom. The van der Waals surface area contributed by atoms with E-state index in [0.717, 1.165) is 24.5 Å². The summed E-state index contributed by atoms with van der Waals surface area (Å²) in [5.74, 6) is 0.912. The van der Waals surface area contributed by atoms with Crippen molar-refractivity contribution < 1.29 is 4.74 Å². The topological polar surface area (TPSA) is 37.4 Å². The summed E-state index contributed by atoms with van der Waals surface area (Å²) in [5, 5.41) is 3.35. The number of aromatic nitrogens is 1. The van der Waals surface area contributed by atoms with Gasteiger partial charge in [-0.2, -0.15) is 0 Å². The van der Waals surface area contributed by atoms with E-state index in [9.17, 15) is 0 Å². The lowest BCUT2D eigenvalue weighted by Crippen LogP contribution is -2.18. The Kier molecular flexibility index (Phi) is 5.05. The molecular weight excluding hydrogens is 202 g/mol. The van der Waals surface area contributed by atoms with Crippen LogP contribution in [-0.4, -0.2) is 38.8 Å². The van der Waals surface area contributed by atoms with Crippen molar-refractivity contribution in [3.05, 3.63) is 18.3 Å². The van der Waals surface area contributed by atoms with Crippen molar-refractivity contribution in [2.45, 2.75) is 19.4 Å². The first-order valence-corrected chi connectivity index (χ1v) is 5.52. The molecular formula is C12H21N3O. The van der Waals surface area contributed by atoms with E-state index in [1.807, 2.05) is 32.4 Å². The minimum Gasteiger partial charge on any atom is -0.385 e. The number of anilines is 2. The van der Waals surface area contributed by atoms with Crippen molar-refractivity contribution in [3.8, 4) is 0 Å². The first kappa shape index (κ1) is 12.8. The van der Waals surface area contributed by atoms with Gasteiger partial charge >= 0.3 is 0 Å². The maximum atomic E-state index is 5.04. The minimum absolute atomic E-state index is 0.366. The molecule has 1 rings (SSSR count). The Morgan fingerprint density at radius 2 is 2.25 bits per heavy atom. The molecule has 0 aliphatic rings. The number of pyridine rings is 1. The van der Waals surface area contributed by atoms with E-state index in [-0.39, 0.29) is 0 Å². The molecule has 0 saturated heterocycles. The molecule has 1 aromatic rings. The summed E-state index contributed by atoms with van der Waals surface area (Å²) >= 11 is 0. The third kappa shape index (κ3) is 4.06. The molecule has 1 aromatic heterocycles. The van der Waals surface area contributed by atoms with Gasteiger partial charge in [0, 0.05) is 51.8 Å². The highest BCUT2D eigenvalue weighted by Crippen LogP contribution is 2.15. The highest BCUT2D eigenvalue weighted by atomic mass is 16.5. The summed E-state index contributed by atoms with van der Waals surface area (Å²) in [4.78, 5) is 6.35. The van der Waals surface area contributed by atoms with Crippen molar-refractivity contribution in [1.82, 2.24) is 4.98 Å². The number of hydrogen-bond acceptors (Lipinski definition) is 4. The quantitative estimate of drug-likeness (QED) is 0.800. The molecule has 0 aromatic carbocycles. The number of hydrogen-bond donors (Lipinski definition) is 1. The van der Waals surface area contributed by atoms with Gasteiger partial charge in [0.1, 0.15) is 5.82 Å². The highest BCUT2D eigenvalue weighted by molar-refractivity contribution is 5.53. The van der Waals surface area contributed by atoms with Gasteiger partial charge in [-0.05, 0) is 19.4 Å². The first-order chi connectivity index (χ1) is 7.63. The van der Waals surface area contributed by atoms with Crippen molar-refractivity contribution in [2.24, 2.45) is 0 Å². The number of rotatable bonds is 6. The molecule has 0 amide bonds. The van der Waals surface area contributed by atoms with Gasteiger partial charge in [0.2, 0.25) is 0 Å². The predicted octanol–water partition coefficient (Wildman–Crippen LogP) is 1.98. The summed E-state index contributed by atoms with van der Waals surface area (Å²) in [6.45, 7) is 2.89. The van der Waals surface area contributed by atoms with Crippen LogP contribution in [0.2, 0.25) is 0 Å². The maximum Gasteiger partial charge on any atom is 0.128 e. The zero-order valence-corrected chi connectivity index (χ0v) is 10.5. The lowest BCUT2D eigenvalue weighted by atomic mass is 10.2. The smallest absolute Gasteiger partial charge is 0.128 e. The SMILES string of the molecule is COCCC(C)Nc1cc(N(C)C)ccn1. The van der Waals surface area contributed by atoms with E-state index >= 15 is 0 Å². The number of nitrogens with one attached hydrogen (secondary N) is 1. The number of methoxy groups -OCH3 is 1. The number of ether oxygens (including phenoxy) is 1. The largest absolute Gasteiger partial charge is 0.385 e. The Morgan fingerprint density at radius 1 is 1.50 bits per heavy atom. The average Bonchev–Trinajstić information content (AvgIpc) is 2.26. The third-order valence-corrected chi connectivity index (χ3v) is 2.41. The zero-order valence-electron chi connectivity index (χ0n) is 10.5. The molecule has 1 unspecified atom stereocenters. The van der Waals surface area contributed by atoms with E-state index in [1.54, 1.807) is 7.11 Å². The molecule has 4 nitrogen and oxygen atoms in total. The van der Waals surface area contributed by atoms with Crippen LogP contribution in [0.3, 0.4) is 0 Å². The highest BCUT2D eigenvalue weighted by Gasteiger charge is 2.03. The molecule has 90 valence electrons. The van der Waals surface area contributed by atoms with E-state index in [4.69, 9.17) is 4.74 Å². The second kappa shape index (κ2) is 6.33. The van der Waals surface area contributed by atoms with Gasteiger partial charge in [-0.25, -0.2) is 4.98 Å². The molecule has 1 atom stereocenters. The lowest BCUT2D eigenvalue weighted by molar-refractivity contribution is 0.191. The molecule has 4 heteroatoms. The molecule has 0 fully saturated rings. The predicted molar refractivity (Wildman–Crippen MR) is 68.1 cm³/mol. The number of nitrogens with zero attached hydrogens (tertiary/aromatic N) is 2. The van der Waals surface area contributed by atoms with Crippen LogP contribution in [0, 0.1) is 0 Å². The molecule has 0 aliphatic heterocycles. The van der Waals surface area contributed by atoms with Crippen LogP contribution in [-0.2, 0) is 4.74 Å². The van der Waals surface area contributed by atoms with Crippen molar-refractivity contribution in [2.75, 3.05) is 38.0 Å². The fourth-order valence-corrected chi connectivity index (χ4v) is 1.40. The van der Waals surface area contributed by atoms with Crippen molar-refractivity contribution in [3.63, 3.8) is 0 Å². The molecule has 0 radical (unpaired) electrons. The zero-order chi connectivity index (χ0) is 12.0. The van der Waals surface area contributed by atoms with Gasteiger partial charge in [0.05, 0.1) is 0 Å². The molecule has 0 bridgehead atoms. The second-order valence-corrected chi connectivity index (χ2v) is 4.12. The van der Waals surface area contributed by atoms with Crippen LogP contribution in [0.4, 0.5) is 11.5 Å². The fourth-order valence-electron chi connectivity index (χ4n) is 1.40. The van der Waals surface area contributed by atoms with E-state index in [1.165, 1.54) is 0 Å². The molecule has 1 heterocycles. The first-order valence-electron chi connectivity index (χ1n) is 5.52. The van der Waals surface area contributed by atoms with Gasteiger partial charge in [-0.1, -0.05) is 0 Å². The van der Waals surface area contributed by atoms with E-state index in [0.29, 0.717) is 6.04 Å². The third-order valence-electron chi connectivity index (χ3n) is 2.41. The van der Waals surface area contributed by atoms with E-state index < -0.39 is 0 Å². The van der Waals surface area contributed by atoms with Gasteiger partial charge in [-0.15, -0.1) is 0 Å². The van der Waals surface area contributed by atoms with Crippen molar-refractivity contribution in [1.29, 1.82) is 0 Å². The second-order valence-electron chi connectivity index (χ2n) is 4.12. The summed E-state index contributed by atoms with van der Waals surface area (Å²) in [5.41, 5.74) is 1.15. The van der Waals surface area contributed by atoms with Crippen LogP contribution in [0.5, 0.6) is 0 Å². The van der Waals surface area contributed by atoms with Crippen molar-refractivity contribution >= 4 is 11.5 Å². The van der Waals surface area contributed by atoms with Gasteiger partial charge in [0.15, 0.2) is 0 Å². The Labute approximate surface area is 97.6 Å². The summed E-state index contributed by atoms with van der Waals surface area (Å²) in [6, 6.07) is 4.40. The Hall–Kier alpha value is -1.29. The summed E-state index contributed by atoms with van der Waals surface area (Å²) in [7, 11) is 5.76. The van der Waals surface area contributed by atoms with E-state index in [2.05, 4.69) is 22.1 Å². The minimum atomic E-state index is 0.366. The molecule has 0 aliphatic carbocycles. The van der Waals surface area contributed by atoms with Crippen LogP contribution < -0.4 is 10.2 Å². The van der Waals surface area contributed by atoms with Gasteiger partial charge in [-0.3, -0.25) is 0 Å². The standard InChI is InChI=1S/C12H21N3O/c1-10(6-8-16-4)14-12-9-11(15(2)3)5-7-13-12/h5,7,9-10H,6,8H2,1-4H3,(H,13,14). The molecule has 0 saturated carbocycles. The lowest BCUT2D eigenvalue weighted by Gasteiger charge is -2.17. The molecule has 1 N–H and O–H groups in total.